The molecule has 2 heterocycles. The number of halogens is 1. The standard InChI is InChI=1S/C25H23ClN4O5/c1-2-35-21(31)19-18(27-23(33)28-20(19)15-7-9-16(26)10-8-15)13-30-22(32)25(29-24(30)34)12-11-14-5-3-4-6-17(14)25/h3-10,20H,2,11-13H2,1H3,(H,29,34)(H2,27,28,33). The van der Waals surface area contributed by atoms with Crippen LogP contribution in [0.2, 0.25) is 5.02 Å². The van der Waals surface area contributed by atoms with Crippen LogP contribution in [-0.4, -0.2) is 42.0 Å². The van der Waals surface area contributed by atoms with Gasteiger partial charge in [0.25, 0.3) is 5.91 Å². The third-order valence-electron chi connectivity index (χ3n) is 6.59. The van der Waals surface area contributed by atoms with Crippen LogP contribution in [0.5, 0.6) is 0 Å². The van der Waals surface area contributed by atoms with Crippen molar-refractivity contribution in [1.82, 2.24) is 20.9 Å². The van der Waals surface area contributed by atoms with Gasteiger partial charge in [-0.05, 0) is 48.6 Å². The minimum absolute atomic E-state index is 0.111. The van der Waals surface area contributed by atoms with Crippen LogP contribution in [0.25, 0.3) is 0 Å². The van der Waals surface area contributed by atoms with Crippen molar-refractivity contribution in [3.05, 3.63) is 81.5 Å². The van der Waals surface area contributed by atoms with Crippen LogP contribution in [0.15, 0.2) is 59.8 Å². The van der Waals surface area contributed by atoms with E-state index in [4.69, 9.17) is 16.3 Å². The molecule has 1 aliphatic carbocycles. The van der Waals surface area contributed by atoms with Crippen molar-refractivity contribution in [3.63, 3.8) is 0 Å². The number of amides is 5. The predicted octanol–water partition coefficient (Wildman–Crippen LogP) is 2.90. The molecule has 9 nitrogen and oxygen atoms in total. The lowest BCUT2D eigenvalue weighted by atomic mass is 9.91. The zero-order valence-electron chi connectivity index (χ0n) is 18.9. The number of urea groups is 2. The fourth-order valence-corrected chi connectivity index (χ4v) is 5.12. The lowest BCUT2D eigenvalue weighted by Gasteiger charge is -2.30. The Hall–Kier alpha value is -3.85. The predicted molar refractivity (Wildman–Crippen MR) is 126 cm³/mol. The van der Waals surface area contributed by atoms with Crippen LogP contribution in [0.4, 0.5) is 9.59 Å². The van der Waals surface area contributed by atoms with Crippen molar-refractivity contribution >= 4 is 35.5 Å². The number of ether oxygens (including phenoxy) is 1. The third-order valence-corrected chi connectivity index (χ3v) is 6.84. The van der Waals surface area contributed by atoms with Gasteiger partial charge in [-0.2, -0.15) is 0 Å². The van der Waals surface area contributed by atoms with Crippen molar-refractivity contribution in [1.29, 1.82) is 0 Å². The molecule has 0 bridgehead atoms. The number of esters is 1. The van der Waals surface area contributed by atoms with E-state index in [-0.39, 0.29) is 24.4 Å². The smallest absolute Gasteiger partial charge is 0.338 e. The van der Waals surface area contributed by atoms with Crippen molar-refractivity contribution in [2.75, 3.05) is 13.2 Å². The first-order valence-corrected chi connectivity index (χ1v) is 11.7. The molecule has 1 fully saturated rings. The molecule has 10 heteroatoms. The number of hydrogen-bond acceptors (Lipinski definition) is 5. The molecule has 0 saturated carbocycles. The molecule has 2 unspecified atom stereocenters. The van der Waals surface area contributed by atoms with Crippen molar-refractivity contribution in [2.24, 2.45) is 0 Å². The number of benzene rings is 2. The van der Waals surface area contributed by atoms with Gasteiger partial charge in [0.2, 0.25) is 0 Å². The van der Waals surface area contributed by atoms with Gasteiger partial charge in [0, 0.05) is 5.02 Å². The van der Waals surface area contributed by atoms with E-state index in [9.17, 15) is 19.2 Å². The average Bonchev–Trinajstić information content (AvgIpc) is 3.32. The molecule has 1 saturated heterocycles. The van der Waals surface area contributed by atoms with Crippen LogP contribution < -0.4 is 16.0 Å². The van der Waals surface area contributed by atoms with Crippen LogP contribution in [0, 0.1) is 0 Å². The minimum Gasteiger partial charge on any atom is -0.463 e. The highest BCUT2D eigenvalue weighted by molar-refractivity contribution is 6.30. The number of imide groups is 1. The van der Waals surface area contributed by atoms with Gasteiger partial charge >= 0.3 is 18.0 Å². The van der Waals surface area contributed by atoms with Crippen LogP contribution >= 0.6 is 11.6 Å². The Morgan fingerprint density at radius 1 is 1.14 bits per heavy atom. The van der Waals surface area contributed by atoms with Crippen LogP contribution in [0.3, 0.4) is 0 Å². The van der Waals surface area contributed by atoms with Crippen LogP contribution in [-0.2, 0) is 26.3 Å². The fourth-order valence-electron chi connectivity index (χ4n) is 4.99. The molecule has 5 rings (SSSR count). The summed E-state index contributed by atoms with van der Waals surface area (Å²) >= 11 is 6.01. The molecule has 1 spiro atoms. The van der Waals surface area contributed by atoms with E-state index in [0.717, 1.165) is 16.0 Å². The Morgan fingerprint density at radius 3 is 2.63 bits per heavy atom. The molecule has 180 valence electrons. The highest BCUT2D eigenvalue weighted by Gasteiger charge is 2.55. The fraction of sp³-hybridized carbons (Fsp3) is 0.280. The van der Waals surface area contributed by atoms with E-state index in [1.807, 2.05) is 24.3 Å². The molecule has 2 aromatic rings. The molecule has 3 aliphatic rings. The summed E-state index contributed by atoms with van der Waals surface area (Å²) in [6.45, 7) is 1.49. The molecular formula is C25H23ClN4O5. The molecule has 3 N–H and O–H groups in total. The molecule has 2 aliphatic heterocycles. The number of carbonyl (C=O) groups is 4. The van der Waals surface area contributed by atoms with Gasteiger partial charge in [0.15, 0.2) is 0 Å². The third kappa shape index (κ3) is 3.81. The highest BCUT2D eigenvalue weighted by atomic mass is 35.5. The second-order valence-corrected chi connectivity index (χ2v) is 9.02. The molecular weight excluding hydrogens is 472 g/mol. The number of aryl methyl sites for hydroxylation is 1. The summed E-state index contributed by atoms with van der Waals surface area (Å²) in [5.74, 6) is -1.08. The topological polar surface area (TPSA) is 117 Å². The summed E-state index contributed by atoms with van der Waals surface area (Å²) in [6.07, 6.45) is 1.10. The first-order valence-electron chi connectivity index (χ1n) is 11.3. The summed E-state index contributed by atoms with van der Waals surface area (Å²) < 4.78 is 5.26. The van der Waals surface area contributed by atoms with Crippen molar-refractivity contribution in [2.45, 2.75) is 31.3 Å². The summed E-state index contributed by atoms with van der Waals surface area (Å²) in [5, 5.41) is 8.69. The summed E-state index contributed by atoms with van der Waals surface area (Å²) in [6, 6.07) is 12.2. The summed E-state index contributed by atoms with van der Waals surface area (Å²) in [5.41, 5.74) is 1.47. The summed E-state index contributed by atoms with van der Waals surface area (Å²) in [7, 11) is 0. The Morgan fingerprint density at radius 2 is 1.89 bits per heavy atom. The van der Waals surface area contributed by atoms with Gasteiger partial charge in [-0.3, -0.25) is 9.69 Å². The van der Waals surface area contributed by atoms with E-state index in [1.165, 1.54) is 0 Å². The number of hydrogen-bond donors (Lipinski definition) is 3. The van der Waals surface area contributed by atoms with Crippen LogP contribution in [0.1, 0.15) is 36.1 Å². The van der Waals surface area contributed by atoms with E-state index >= 15 is 0 Å². The normalized spacial score (nSPS) is 23.2. The molecule has 35 heavy (non-hydrogen) atoms. The molecule has 2 aromatic carbocycles. The second-order valence-electron chi connectivity index (χ2n) is 8.58. The number of nitrogens with zero attached hydrogens (tertiary/aromatic N) is 1. The highest BCUT2D eigenvalue weighted by Crippen LogP contribution is 2.41. The van der Waals surface area contributed by atoms with Gasteiger partial charge in [-0.15, -0.1) is 0 Å². The molecule has 0 aromatic heterocycles. The minimum atomic E-state index is -1.15. The SMILES string of the molecule is CCOC(=O)C1=C(CN2C(=O)NC3(CCc4ccccc43)C2=O)NC(=O)NC1c1ccc(Cl)cc1. The van der Waals surface area contributed by atoms with Gasteiger partial charge in [-0.25, -0.2) is 14.4 Å². The maximum atomic E-state index is 13.6. The quantitative estimate of drug-likeness (QED) is 0.436. The molecule has 5 amide bonds. The van der Waals surface area contributed by atoms with E-state index in [1.54, 1.807) is 31.2 Å². The van der Waals surface area contributed by atoms with Crippen molar-refractivity contribution in [3.8, 4) is 0 Å². The van der Waals surface area contributed by atoms with Gasteiger partial charge in [0.1, 0.15) is 5.54 Å². The van der Waals surface area contributed by atoms with E-state index < -0.39 is 35.5 Å². The average molecular weight is 495 g/mol. The molecule has 2 atom stereocenters. The lowest BCUT2D eigenvalue weighted by Crippen LogP contribution is -2.49. The maximum absolute atomic E-state index is 13.6. The van der Waals surface area contributed by atoms with E-state index in [2.05, 4.69) is 16.0 Å². The Bertz CT molecular complexity index is 1270. The first kappa shape index (κ1) is 22.9. The first-order chi connectivity index (χ1) is 16.8. The zero-order valence-corrected chi connectivity index (χ0v) is 19.6. The lowest BCUT2D eigenvalue weighted by molar-refractivity contribution is -0.139. The van der Waals surface area contributed by atoms with Gasteiger partial charge in [0.05, 0.1) is 30.5 Å². The van der Waals surface area contributed by atoms with Crippen molar-refractivity contribution < 1.29 is 23.9 Å². The Kier molecular flexibility index (Phi) is 5.72. The number of rotatable bonds is 5. The maximum Gasteiger partial charge on any atom is 0.338 e. The second kappa shape index (κ2) is 8.74. The largest absolute Gasteiger partial charge is 0.463 e. The van der Waals surface area contributed by atoms with Gasteiger partial charge in [-0.1, -0.05) is 48.0 Å². The Balaban J connectivity index is 1.53. The number of carbonyl (C=O) groups excluding carboxylic acids is 4. The zero-order chi connectivity index (χ0) is 24.7. The van der Waals surface area contributed by atoms with Gasteiger partial charge < -0.3 is 20.7 Å². The van der Waals surface area contributed by atoms with E-state index in [0.29, 0.717) is 23.4 Å². The number of fused-ring (bicyclic) bond motifs is 2. The summed E-state index contributed by atoms with van der Waals surface area (Å²) in [4.78, 5) is 53.2. The Labute approximate surface area is 206 Å². The number of nitrogens with one attached hydrogen (secondary N) is 3. The monoisotopic (exact) mass is 494 g/mol. The molecule has 0 radical (unpaired) electrons.